The second kappa shape index (κ2) is 3.68. The maximum Gasteiger partial charge on any atom is 0.132 e. The third-order valence-corrected chi connectivity index (χ3v) is 2.04. The third-order valence-electron chi connectivity index (χ3n) is 1.67. The number of hydrogen-bond acceptors (Lipinski definition) is 2. The maximum absolute atomic E-state index is 5.12. The topological polar surface area (TPSA) is 9.23 Å². The first-order chi connectivity index (χ1) is 5.65. The molecular weight excluding hydrogens is 168 g/mol. The Hall–Kier alpha value is -0.890. The summed E-state index contributed by atoms with van der Waals surface area (Å²) in [5.41, 5.74) is 2.12. The molecule has 1 rings (SSSR count). The van der Waals surface area contributed by atoms with Crippen LogP contribution in [0.2, 0.25) is 0 Å². The quantitative estimate of drug-likeness (QED) is 0.688. The number of rotatable bonds is 2. The van der Waals surface area contributed by atoms with Gasteiger partial charge >= 0.3 is 0 Å². The van der Waals surface area contributed by atoms with Gasteiger partial charge in [-0.3, -0.25) is 0 Å². The lowest BCUT2D eigenvalue weighted by Gasteiger charge is -2.06. The van der Waals surface area contributed by atoms with Gasteiger partial charge in [-0.2, -0.15) is 0 Å². The van der Waals surface area contributed by atoms with Crippen LogP contribution in [0.5, 0.6) is 5.75 Å². The molecule has 0 heterocycles. The Labute approximate surface area is 78.5 Å². The van der Waals surface area contributed by atoms with Gasteiger partial charge in [0.1, 0.15) is 5.75 Å². The molecular formula is C10H12OS. The molecule has 0 amide bonds. The predicted octanol–water partition coefficient (Wildman–Crippen LogP) is 3.02. The zero-order valence-electron chi connectivity index (χ0n) is 7.29. The molecule has 0 spiro atoms. The summed E-state index contributed by atoms with van der Waals surface area (Å²) in [5.74, 6) is 0.791. The summed E-state index contributed by atoms with van der Waals surface area (Å²) in [6.07, 6.45) is 0. The molecule has 0 aromatic heterocycles. The first kappa shape index (κ1) is 9.20. The molecule has 0 saturated carbocycles. The zero-order chi connectivity index (χ0) is 9.14. The van der Waals surface area contributed by atoms with Gasteiger partial charge in [0.15, 0.2) is 0 Å². The van der Waals surface area contributed by atoms with Crippen molar-refractivity contribution in [3.63, 3.8) is 0 Å². The number of benzene rings is 1. The van der Waals surface area contributed by atoms with Crippen LogP contribution in [0.15, 0.2) is 29.7 Å². The average molecular weight is 180 g/mol. The molecule has 0 bridgehead atoms. The lowest BCUT2D eigenvalue weighted by molar-refractivity contribution is 0.405. The monoisotopic (exact) mass is 180 g/mol. The van der Waals surface area contributed by atoms with Crippen molar-refractivity contribution in [1.29, 1.82) is 0 Å². The van der Waals surface area contributed by atoms with Crippen LogP contribution < -0.4 is 4.74 Å². The second-order valence-electron chi connectivity index (χ2n) is 2.67. The van der Waals surface area contributed by atoms with Crippen molar-refractivity contribution in [3.8, 4) is 5.75 Å². The van der Waals surface area contributed by atoms with Crippen molar-refractivity contribution in [2.45, 2.75) is 11.8 Å². The van der Waals surface area contributed by atoms with Crippen molar-refractivity contribution in [1.82, 2.24) is 0 Å². The summed E-state index contributed by atoms with van der Waals surface area (Å²) in [6.45, 7) is 5.82. The molecule has 1 aromatic rings. The summed E-state index contributed by atoms with van der Waals surface area (Å²) >= 11 is 4.24. The molecule has 1 nitrogen and oxygen atoms in total. The summed E-state index contributed by atoms with van der Waals surface area (Å²) in [6, 6.07) is 5.82. The Morgan fingerprint density at radius 2 is 2.17 bits per heavy atom. The molecule has 0 saturated heterocycles. The van der Waals surface area contributed by atoms with Gasteiger partial charge in [0.2, 0.25) is 0 Å². The van der Waals surface area contributed by atoms with E-state index in [9.17, 15) is 0 Å². The zero-order valence-corrected chi connectivity index (χ0v) is 8.19. The Kier molecular flexibility index (Phi) is 2.82. The van der Waals surface area contributed by atoms with E-state index in [1.165, 1.54) is 0 Å². The molecule has 0 unspecified atom stereocenters. The van der Waals surface area contributed by atoms with E-state index < -0.39 is 0 Å². The van der Waals surface area contributed by atoms with Crippen LogP contribution in [-0.4, -0.2) is 7.11 Å². The van der Waals surface area contributed by atoms with Crippen LogP contribution in [0, 0.1) is 0 Å². The Morgan fingerprint density at radius 1 is 1.50 bits per heavy atom. The van der Waals surface area contributed by atoms with Gasteiger partial charge in [0.05, 0.1) is 7.11 Å². The Bertz CT molecular complexity index is 305. The lowest BCUT2D eigenvalue weighted by atomic mass is 10.1. The third kappa shape index (κ3) is 1.83. The molecule has 0 atom stereocenters. The largest absolute Gasteiger partial charge is 0.496 e. The van der Waals surface area contributed by atoms with Crippen LogP contribution in [0.3, 0.4) is 0 Å². The SMILES string of the molecule is C=C(C)c1ccc(S)c(OC)c1. The van der Waals surface area contributed by atoms with E-state index in [1.807, 2.05) is 25.1 Å². The number of methoxy groups -OCH3 is 1. The van der Waals surface area contributed by atoms with Crippen molar-refractivity contribution in [2.24, 2.45) is 0 Å². The van der Waals surface area contributed by atoms with Gasteiger partial charge in [-0.25, -0.2) is 0 Å². The fourth-order valence-electron chi connectivity index (χ4n) is 0.943. The molecule has 1 aromatic carbocycles. The minimum Gasteiger partial charge on any atom is -0.496 e. The van der Waals surface area contributed by atoms with Gasteiger partial charge < -0.3 is 4.74 Å². The highest BCUT2D eigenvalue weighted by molar-refractivity contribution is 7.80. The standard InChI is InChI=1S/C10H12OS/c1-7(2)8-4-5-10(12)9(6-8)11-3/h4-6,12H,1H2,2-3H3. The minimum absolute atomic E-state index is 0.791. The van der Waals surface area contributed by atoms with Gasteiger partial charge in [0, 0.05) is 4.90 Å². The molecule has 0 N–H and O–H groups in total. The van der Waals surface area contributed by atoms with Crippen molar-refractivity contribution in [2.75, 3.05) is 7.11 Å². The first-order valence-corrected chi connectivity index (χ1v) is 4.12. The predicted molar refractivity (Wildman–Crippen MR) is 55.0 cm³/mol. The van der Waals surface area contributed by atoms with E-state index >= 15 is 0 Å². The van der Waals surface area contributed by atoms with Crippen LogP contribution in [-0.2, 0) is 0 Å². The molecule has 2 heteroatoms. The molecule has 0 fully saturated rings. The van der Waals surface area contributed by atoms with E-state index in [0.717, 1.165) is 21.8 Å². The summed E-state index contributed by atoms with van der Waals surface area (Å²) in [7, 11) is 1.64. The van der Waals surface area contributed by atoms with E-state index in [0.29, 0.717) is 0 Å². The summed E-state index contributed by atoms with van der Waals surface area (Å²) in [5, 5.41) is 0. The van der Waals surface area contributed by atoms with Gasteiger partial charge in [-0.05, 0) is 24.6 Å². The molecule has 0 radical (unpaired) electrons. The molecule has 0 aliphatic heterocycles. The van der Waals surface area contributed by atoms with E-state index in [2.05, 4.69) is 19.2 Å². The fourth-order valence-corrected chi connectivity index (χ4v) is 1.17. The highest BCUT2D eigenvalue weighted by Gasteiger charge is 2.00. The van der Waals surface area contributed by atoms with Gasteiger partial charge in [-0.15, -0.1) is 12.6 Å². The molecule has 0 aliphatic carbocycles. The number of ether oxygens (including phenoxy) is 1. The second-order valence-corrected chi connectivity index (χ2v) is 3.15. The smallest absolute Gasteiger partial charge is 0.132 e. The van der Waals surface area contributed by atoms with Gasteiger partial charge in [-0.1, -0.05) is 18.2 Å². The van der Waals surface area contributed by atoms with Crippen LogP contribution in [0.1, 0.15) is 12.5 Å². The van der Waals surface area contributed by atoms with Crippen molar-refractivity contribution < 1.29 is 4.74 Å². The van der Waals surface area contributed by atoms with Gasteiger partial charge in [0.25, 0.3) is 0 Å². The Morgan fingerprint density at radius 3 is 2.67 bits per heavy atom. The Balaban J connectivity index is 3.13. The van der Waals surface area contributed by atoms with E-state index in [-0.39, 0.29) is 0 Å². The molecule has 0 aliphatic rings. The van der Waals surface area contributed by atoms with Crippen LogP contribution in [0.4, 0.5) is 0 Å². The summed E-state index contributed by atoms with van der Waals surface area (Å²) < 4.78 is 5.12. The highest BCUT2D eigenvalue weighted by atomic mass is 32.1. The number of allylic oxidation sites excluding steroid dienone is 1. The maximum atomic E-state index is 5.12. The lowest BCUT2D eigenvalue weighted by Crippen LogP contribution is -1.86. The van der Waals surface area contributed by atoms with Crippen LogP contribution >= 0.6 is 12.6 Å². The normalized spacial score (nSPS) is 9.58. The van der Waals surface area contributed by atoms with Crippen molar-refractivity contribution in [3.05, 3.63) is 30.3 Å². The minimum atomic E-state index is 0.791. The van der Waals surface area contributed by atoms with Crippen molar-refractivity contribution >= 4 is 18.2 Å². The number of thiol groups is 1. The molecule has 64 valence electrons. The fraction of sp³-hybridized carbons (Fsp3) is 0.200. The number of hydrogen-bond donors (Lipinski definition) is 1. The van der Waals surface area contributed by atoms with E-state index in [4.69, 9.17) is 4.74 Å². The highest BCUT2D eigenvalue weighted by Crippen LogP contribution is 2.25. The molecule has 12 heavy (non-hydrogen) atoms. The average Bonchev–Trinajstić information content (AvgIpc) is 2.05. The first-order valence-electron chi connectivity index (χ1n) is 3.68. The summed E-state index contributed by atoms with van der Waals surface area (Å²) in [4.78, 5) is 0.850. The van der Waals surface area contributed by atoms with E-state index in [1.54, 1.807) is 7.11 Å². The van der Waals surface area contributed by atoms with Crippen LogP contribution in [0.25, 0.3) is 5.57 Å².